The van der Waals surface area contributed by atoms with Gasteiger partial charge in [0.25, 0.3) is 0 Å². The summed E-state index contributed by atoms with van der Waals surface area (Å²) >= 11 is 4.93. The monoisotopic (exact) mass is 389 g/mol. The number of thiophene rings is 1. The summed E-state index contributed by atoms with van der Waals surface area (Å²) in [6, 6.07) is 1.88. The number of methoxy groups -OCH3 is 1. The fourth-order valence-corrected chi connectivity index (χ4v) is 4.27. The van der Waals surface area contributed by atoms with Crippen LogP contribution in [-0.2, 0) is 15.9 Å². The van der Waals surface area contributed by atoms with Crippen LogP contribution in [0.25, 0.3) is 0 Å². The van der Waals surface area contributed by atoms with Crippen molar-refractivity contribution in [2.45, 2.75) is 25.3 Å². The van der Waals surface area contributed by atoms with Crippen molar-refractivity contribution < 1.29 is 19.4 Å². The van der Waals surface area contributed by atoms with Crippen molar-refractivity contribution in [3.63, 3.8) is 0 Å². The van der Waals surface area contributed by atoms with Crippen LogP contribution < -0.4 is 0 Å². The highest BCUT2D eigenvalue weighted by Crippen LogP contribution is 2.29. The molecule has 0 spiro atoms. The molecule has 1 N–H and O–H groups in total. The number of carbonyl (C=O) groups is 1. The van der Waals surface area contributed by atoms with Crippen molar-refractivity contribution >= 4 is 33.2 Å². The molecular weight excluding hydrogens is 370 g/mol. The molecular formula is C15H20BrNO4S. The molecule has 5 nitrogen and oxygen atoms in total. The maximum atomic E-state index is 11.5. The number of halogens is 1. The van der Waals surface area contributed by atoms with Crippen LogP contribution in [0.3, 0.4) is 0 Å². The number of esters is 1. The van der Waals surface area contributed by atoms with Gasteiger partial charge in [0.05, 0.1) is 26.4 Å². The lowest BCUT2D eigenvalue weighted by Gasteiger charge is -2.37. The van der Waals surface area contributed by atoms with Gasteiger partial charge in [-0.1, -0.05) is 0 Å². The van der Waals surface area contributed by atoms with E-state index >= 15 is 0 Å². The van der Waals surface area contributed by atoms with Crippen molar-refractivity contribution in [2.75, 3.05) is 26.9 Å². The minimum Gasteiger partial charge on any atom is -0.479 e. The first kappa shape index (κ1) is 17.3. The van der Waals surface area contributed by atoms with Crippen molar-refractivity contribution in [3.05, 3.63) is 32.8 Å². The van der Waals surface area contributed by atoms with Gasteiger partial charge in [0.1, 0.15) is 4.88 Å². The summed E-state index contributed by atoms with van der Waals surface area (Å²) in [5, 5.41) is 9.44. The zero-order valence-corrected chi connectivity index (χ0v) is 14.9. The summed E-state index contributed by atoms with van der Waals surface area (Å²) in [5.74, 6) is 0.320. The highest BCUT2D eigenvalue weighted by molar-refractivity contribution is 9.10. The van der Waals surface area contributed by atoms with Gasteiger partial charge in [-0.25, -0.2) is 4.79 Å². The van der Waals surface area contributed by atoms with E-state index in [4.69, 9.17) is 9.47 Å². The Morgan fingerprint density at radius 2 is 2.45 bits per heavy atom. The fraction of sp³-hybridized carbons (Fsp3) is 0.533. The number of aryl methyl sites for hydroxylation is 1. The largest absolute Gasteiger partial charge is 0.479 e. The van der Waals surface area contributed by atoms with E-state index in [1.807, 2.05) is 4.90 Å². The molecule has 2 rings (SSSR count). The van der Waals surface area contributed by atoms with Crippen LogP contribution in [0.4, 0.5) is 0 Å². The quantitative estimate of drug-likeness (QED) is 0.757. The molecule has 0 aliphatic carbocycles. The molecule has 22 heavy (non-hydrogen) atoms. The van der Waals surface area contributed by atoms with Gasteiger partial charge in [0.15, 0.2) is 5.88 Å². The van der Waals surface area contributed by atoms with Gasteiger partial charge in [-0.3, -0.25) is 0 Å². The average molecular weight is 390 g/mol. The van der Waals surface area contributed by atoms with Crippen LogP contribution in [0.1, 0.15) is 27.4 Å². The van der Waals surface area contributed by atoms with Crippen molar-refractivity contribution in [2.24, 2.45) is 0 Å². The summed E-state index contributed by atoms with van der Waals surface area (Å²) in [4.78, 5) is 15.3. The summed E-state index contributed by atoms with van der Waals surface area (Å²) in [6.45, 7) is 5.39. The lowest BCUT2D eigenvalue weighted by Crippen LogP contribution is -2.43. The van der Waals surface area contributed by atoms with Crippen LogP contribution in [-0.4, -0.2) is 48.9 Å². The Morgan fingerprint density at radius 1 is 1.68 bits per heavy atom. The molecule has 1 aliphatic rings. The fourth-order valence-electron chi connectivity index (χ4n) is 2.44. The number of hydrogen-bond donors (Lipinski definition) is 1. The lowest BCUT2D eigenvalue weighted by atomic mass is 10.1. The normalized spacial score (nSPS) is 18.2. The third kappa shape index (κ3) is 4.02. The Hall–Kier alpha value is -1.05. The van der Waals surface area contributed by atoms with E-state index in [1.165, 1.54) is 18.4 Å². The lowest BCUT2D eigenvalue weighted by molar-refractivity contribution is 0.00383. The summed E-state index contributed by atoms with van der Waals surface area (Å²) in [5.41, 5.74) is 0. The number of carbonyl (C=O) groups excluding carboxylic acids is 1. The number of hydrogen-bond acceptors (Lipinski definition) is 6. The zero-order valence-electron chi connectivity index (χ0n) is 12.5. The van der Waals surface area contributed by atoms with Crippen LogP contribution in [0.5, 0.6) is 0 Å². The smallest absolute Gasteiger partial charge is 0.348 e. The summed E-state index contributed by atoms with van der Waals surface area (Å²) in [7, 11) is 1.38. The molecule has 0 aromatic carbocycles. The summed E-state index contributed by atoms with van der Waals surface area (Å²) in [6.07, 6.45) is 2.54. The van der Waals surface area contributed by atoms with Gasteiger partial charge in [-0.05, 0) is 41.4 Å². The molecule has 0 radical (unpaired) electrons. The van der Waals surface area contributed by atoms with E-state index in [1.54, 1.807) is 6.07 Å². The molecule has 0 bridgehead atoms. The molecule has 1 atom stereocenters. The first-order valence-electron chi connectivity index (χ1n) is 7.12. The molecule has 1 fully saturated rings. The Morgan fingerprint density at radius 3 is 3.14 bits per heavy atom. The second-order valence-corrected chi connectivity index (χ2v) is 7.03. The second kappa shape index (κ2) is 7.99. The molecule has 7 heteroatoms. The minimum atomic E-state index is -0.310. The van der Waals surface area contributed by atoms with Gasteiger partial charge >= 0.3 is 5.97 Å². The van der Waals surface area contributed by atoms with E-state index in [0.29, 0.717) is 17.4 Å². The Kier molecular flexibility index (Phi) is 6.28. The van der Waals surface area contributed by atoms with E-state index in [-0.39, 0.29) is 18.6 Å². The molecule has 1 aromatic heterocycles. The van der Waals surface area contributed by atoms with Crippen molar-refractivity contribution in [1.82, 2.24) is 4.90 Å². The van der Waals surface area contributed by atoms with Gasteiger partial charge < -0.3 is 19.5 Å². The predicted octanol–water partition coefficient (Wildman–Crippen LogP) is 2.78. The van der Waals surface area contributed by atoms with Crippen LogP contribution in [0.15, 0.2) is 23.0 Å². The average Bonchev–Trinajstić information content (AvgIpc) is 2.89. The van der Waals surface area contributed by atoms with Crippen molar-refractivity contribution in [1.29, 1.82) is 0 Å². The topological polar surface area (TPSA) is 59.0 Å². The van der Waals surface area contributed by atoms with Crippen LogP contribution in [0, 0.1) is 0 Å². The van der Waals surface area contributed by atoms with Gasteiger partial charge in [0, 0.05) is 22.3 Å². The Bertz CT molecular complexity index is 546. The Labute approximate surface area is 142 Å². The molecule has 0 saturated carbocycles. The molecule has 122 valence electrons. The van der Waals surface area contributed by atoms with Crippen molar-refractivity contribution in [3.8, 4) is 0 Å². The first-order chi connectivity index (χ1) is 10.6. The highest BCUT2D eigenvalue weighted by Gasteiger charge is 2.24. The second-order valence-electron chi connectivity index (χ2n) is 5.04. The van der Waals surface area contributed by atoms with E-state index in [2.05, 4.69) is 22.5 Å². The number of ether oxygens (including phenoxy) is 2. The molecule has 0 unspecified atom stereocenters. The predicted molar refractivity (Wildman–Crippen MR) is 89.0 cm³/mol. The third-order valence-electron chi connectivity index (χ3n) is 3.64. The third-order valence-corrected chi connectivity index (χ3v) is 5.78. The maximum absolute atomic E-state index is 11.5. The first-order valence-corrected chi connectivity index (χ1v) is 8.73. The SMILES string of the molecule is C=C1OCC[C@H](CO)N1CCCc1sc(C(=O)OC)cc1Br. The number of aliphatic hydroxyl groups is 1. The van der Waals surface area contributed by atoms with Crippen LogP contribution in [0.2, 0.25) is 0 Å². The number of rotatable bonds is 6. The van der Waals surface area contributed by atoms with E-state index in [0.717, 1.165) is 35.2 Å². The molecule has 1 aromatic rings. The number of aliphatic hydroxyl groups excluding tert-OH is 1. The van der Waals surface area contributed by atoms with Gasteiger partial charge in [-0.15, -0.1) is 11.3 Å². The Balaban J connectivity index is 1.91. The standard InChI is InChI=1S/C15H20BrNO4S/c1-10-17(11(9-18)5-7-21-10)6-3-4-13-12(16)8-14(22-13)15(19)20-2/h8,11,18H,1,3-7,9H2,2H3/t11-/m1/s1. The molecule has 1 aliphatic heterocycles. The minimum absolute atomic E-state index is 0.0821. The van der Waals surface area contributed by atoms with E-state index in [9.17, 15) is 9.90 Å². The molecule has 1 saturated heterocycles. The van der Waals surface area contributed by atoms with Crippen LogP contribution >= 0.6 is 27.3 Å². The zero-order chi connectivity index (χ0) is 16.1. The van der Waals surface area contributed by atoms with Gasteiger partial charge in [-0.2, -0.15) is 0 Å². The molecule has 0 amide bonds. The number of nitrogens with zero attached hydrogens (tertiary/aromatic N) is 1. The van der Waals surface area contributed by atoms with E-state index < -0.39 is 0 Å². The summed E-state index contributed by atoms with van der Waals surface area (Å²) < 4.78 is 11.1. The highest BCUT2D eigenvalue weighted by atomic mass is 79.9. The van der Waals surface area contributed by atoms with Gasteiger partial charge in [0.2, 0.25) is 0 Å². The maximum Gasteiger partial charge on any atom is 0.348 e. The molecule has 2 heterocycles.